The SMILES string of the molecule is CCC(C)c1ccc(N(C=O)c2cccnc2Nc2ccc3cc[nH]c3c2)cc1. The number of hydrogen-bond acceptors (Lipinski definition) is 3. The molecule has 4 rings (SSSR count). The number of carbonyl (C=O) groups excluding carboxylic acids is 1. The number of anilines is 4. The first-order valence-corrected chi connectivity index (χ1v) is 9.83. The fraction of sp³-hybridized carbons (Fsp3) is 0.167. The van der Waals surface area contributed by atoms with Crippen LogP contribution in [0.25, 0.3) is 10.9 Å². The standard InChI is InChI=1S/C24H24N4O/c1-3-17(2)18-7-10-21(11-8-18)28(16-29)23-5-4-13-26-24(23)27-20-9-6-19-12-14-25-22(19)15-20/h4-17,25H,3H2,1-2H3,(H,26,27). The zero-order valence-electron chi connectivity index (χ0n) is 16.6. The average molecular weight is 384 g/mol. The van der Waals surface area contributed by atoms with Gasteiger partial charge in [0, 0.05) is 29.3 Å². The minimum Gasteiger partial charge on any atom is -0.361 e. The quantitative estimate of drug-likeness (QED) is 0.378. The second-order valence-electron chi connectivity index (χ2n) is 7.15. The summed E-state index contributed by atoms with van der Waals surface area (Å²) in [7, 11) is 0. The van der Waals surface area contributed by atoms with E-state index in [1.807, 2.05) is 54.7 Å². The van der Waals surface area contributed by atoms with Gasteiger partial charge in [0.1, 0.15) is 0 Å². The number of H-pyrrole nitrogens is 1. The number of nitrogens with zero attached hydrogens (tertiary/aromatic N) is 2. The third-order valence-electron chi connectivity index (χ3n) is 5.32. The van der Waals surface area contributed by atoms with Crippen molar-refractivity contribution < 1.29 is 4.79 Å². The first-order chi connectivity index (χ1) is 14.2. The van der Waals surface area contributed by atoms with E-state index in [0.717, 1.165) is 35.1 Å². The number of aromatic nitrogens is 2. The molecule has 4 aromatic rings. The molecule has 0 saturated carbocycles. The van der Waals surface area contributed by atoms with Crippen molar-refractivity contribution in [3.05, 3.63) is 78.6 Å². The maximum Gasteiger partial charge on any atom is 0.218 e. The zero-order valence-corrected chi connectivity index (χ0v) is 16.6. The lowest BCUT2D eigenvalue weighted by molar-refractivity contribution is -0.106. The third kappa shape index (κ3) is 3.85. The summed E-state index contributed by atoms with van der Waals surface area (Å²) in [5.74, 6) is 1.11. The van der Waals surface area contributed by atoms with Crippen LogP contribution in [-0.4, -0.2) is 16.4 Å². The molecule has 0 aliphatic carbocycles. The van der Waals surface area contributed by atoms with Crippen LogP contribution < -0.4 is 10.2 Å². The van der Waals surface area contributed by atoms with Gasteiger partial charge in [-0.25, -0.2) is 4.98 Å². The largest absolute Gasteiger partial charge is 0.361 e. The molecular formula is C24H24N4O. The summed E-state index contributed by atoms with van der Waals surface area (Å²) < 4.78 is 0. The normalized spacial score (nSPS) is 11.9. The summed E-state index contributed by atoms with van der Waals surface area (Å²) in [4.78, 5) is 21.3. The van der Waals surface area contributed by atoms with Gasteiger partial charge in [0.25, 0.3) is 0 Å². The van der Waals surface area contributed by atoms with Gasteiger partial charge in [0.2, 0.25) is 6.41 Å². The molecule has 146 valence electrons. The highest BCUT2D eigenvalue weighted by molar-refractivity contribution is 5.92. The number of fused-ring (bicyclic) bond motifs is 1. The number of benzene rings is 2. The van der Waals surface area contributed by atoms with Crippen molar-refractivity contribution in [2.75, 3.05) is 10.2 Å². The van der Waals surface area contributed by atoms with Crippen molar-refractivity contribution in [1.82, 2.24) is 9.97 Å². The van der Waals surface area contributed by atoms with Crippen molar-refractivity contribution in [1.29, 1.82) is 0 Å². The number of rotatable bonds is 7. The van der Waals surface area contributed by atoms with Gasteiger partial charge in [-0.05, 0) is 65.8 Å². The van der Waals surface area contributed by atoms with Crippen molar-refractivity contribution >= 4 is 40.2 Å². The highest BCUT2D eigenvalue weighted by Crippen LogP contribution is 2.32. The minimum atomic E-state index is 0.493. The molecule has 1 unspecified atom stereocenters. The Kier molecular flexibility index (Phi) is 5.29. The molecule has 5 heteroatoms. The molecule has 2 aromatic carbocycles. The molecule has 0 spiro atoms. The molecule has 0 saturated heterocycles. The van der Waals surface area contributed by atoms with Crippen LogP contribution in [0.3, 0.4) is 0 Å². The molecule has 1 atom stereocenters. The van der Waals surface area contributed by atoms with E-state index >= 15 is 0 Å². The fourth-order valence-electron chi connectivity index (χ4n) is 3.41. The van der Waals surface area contributed by atoms with Crippen LogP contribution in [0.4, 0.5) is 22.9 Å². The average Bonchev–Trinajstić information content (AvgIpc) is 3.23. The molecule has 2 aromatic heterocycles. The minimum absolute atomic E-state index is 0.493. The first kappa shape index (κ1) is 18.7. The molecule has 5 nitrogen and oxygen atoms in total. The lowest BCUT2D eigenvalue weighted by Crippen LogP contribution is -2.16. The molecule has 2 heterocycles. The third-order valence-corrected chi connectivity index (χ3v) is 5.32. The maximum absolute atomic E-state index is 12.0. The Hall–Kier alpha value is -3.60. The zero-order chi connectivity index (χ0) is 20.2. The van der Waals surface area contributed by atoms with Crippen LogP contribution in [-0.2, 0) is 4.79 Å². The Morgan fingerprint density at radius 1 is 1.14 bits per heavy atom. The van der Waals surface area contributed by atoms with Crippen LogP contribution in [0.5, 0.6) is 0 Å². The summed E-state index contributed by atoms with van der Waals surface area (Å²) in [6.07, 6.45) is 5.54. The van der Waals surface area contributed by atoms with Gasteiger partial charge in [-0.1, -0.05) is 32.0 Å². The maximum atomic E-state index is 12.0. The van der Waals surface area contributed by atoms with E-state index in [9.17, 15) is 4.79 Å². The second kappa shape index (κ2) is 8.19. The summed E-state index contributed by atoms with van der Waals surface area (Å²) in [5, 5.41) is 4.49. The molecule has 0 aliphatic heterocycles. The Balaban J connectivity index is 1.65. The van der Waals surface area contributed by atoms with Crippen LogP contribution in [0.2, 0.25) is 0 Å². The van der Waals surface area contributed by atoms with Gasteiger partial charge in [-0.3, -0.25) is 9.69 Å². The summed E-state index contributed by atoms with van der Waals surface area (Å²) in [6.45, 7) is 4.38. The Bertz CT molecular complexity index is 1120. The van der Waals surface area contributed by atoms with Crippen LogP contribution in [0.1, 0.15) is 31.7 Å². The second-order valence-corrected chi connectivity index (χ2v) is 7.15. The topological polar surface area (TPSA) is 61.0 Å². The van der Waals surface area contributed by atoms with E-state index in [1.54, 1.807) is 11.1 Å². The molecule has 0 bridgehead atoms. The molecule has 0 fully saturated rings. The number of hydrogen-bond donors (Lipinski definition) is 2. The fourth-order valence-corrected chi connectivity index (χ4v) is 3.41. The smallest absolute Gasteiger partial charge is 0.218 e. The molecule has 0 radical (unpaired) electrons. The number of nitrogens with one attached hydrogen (secondary N) is 2. The van der Waals surface area contributed by atoms with E-state index in [1.165, 1.54) is 5.56 Å². The van der Waals surface area contributed by atoms with Gasteiger partial charge in [0.15, 0.2) is 5.82 Å². The summed E-state index contributed by atoms with van der Waals surface area (Å²) >= 11 is 0. The Morgan fingerprint density at radius 2 is 1.97 bits per heavy atom. The highest BCUT2D eigenvalue weighted by Gasteiger charge is 2.15. The van der Waals surface area contributed by atoms with E-state index < -0.39 is 0 Å². The summed E-state index contributed by atoms with van der Waals surface area (Å²) in [5.41, 5.74) is 4.72. The van der Waals surface area contributed by atoms with Gasteiger partial charge < -0.3 is 10.3 Å². The number of carbonyl (C=O) groups is 1. The number of aromatic amines is 1. The predicted molar refractivity (Wildman–Crippen MR) is 119 cm³/mol. The number of amides is 1. The van der Waals surface area contributed by atoms with Gasteiger partial charge in [-0.2, -0.15) is 0 Å². The molecule has 29 heavy (non-hydrogen) atoms. The molecule has 1 amide bonds. The van der Waals surface area contributed by atoms with Crippen LogP contribution >= 0.6 is 0 Å². The lowest BCUT2D eigenvalue weighted by atomic mass is 9.98. The van der Waals surface area contributed by atoms with E-state index in [-0.39, 0.29) is 0 Å². The summed E-state index contributed by atoms with van der Waals surface area (Å²) in [6, 6.07) is 20.0. The van der Waals surface area contributed by atoms with Crippen molar-refractivity contribution in [3.63, 3.8) is 0 Å². The van der Waals surface area contributed by atoms with Crippen LogP contribution in [0.15, 0.2) is 73.1 Å². The van der Waals surface area contributed by atoms with Gasteiger partial charge >= 0.3 is 0 Å². The van der Waals surface area contributed by atoms with Crippen molar-refractivity contribution in [2.24, 2.45) is 0 Å². The van der Waals surface area contributed by atoms with Crippen molar-refractivity contribution in [3.8, 4) is 0 Å². The monoisotopic (exact) mass is 384 g/mol. The lowest BCUT2D eigenvalue weighted by Gasteiger charge is -2.21. The molecule has 2 N–H and O–H groups in total. The van der Waals surface area contributed by atoms with E-state index in [4.69, 9.17) is 0 Å². The van der Waals surface area contributed by atoms with E-state index in [2.05, 4.69) is 41.3 Å². The van der Waals surface area contributed by atoms with Gasteiger partial charge in [0.05, 0.1) is 5.69 Å². The predicted octanol–water partition coefficient (Wildman–Crippen LogP) is 6.11. The van der Waals surface area contributed by atoms with Crippen molar-refractivity contribution in [2.45, 2.75) is 26.2 Å². The number of pyridine rings is 1. The molecule has 0 aliphatic rings. The Morgan fingerprint density at radius 3 is 2.72 bits per heavy atom. The molecular weight excluding hydrogens is 360 g/mol. The van der Waals surface area contributed by atoms with Gasteiger partial charge in [-0.15, -0.1) is 0 Å². The first-order valence-electron chi connectivity index (χ1n) is 9.83. The van der Waals surface area contributed by atoms with E-state index in [0.29, 0.717) is 17.4 Å². The Labute approximate surface area is 170 Å². The highest BCUT2D eigenvalue weighted by atomic mass is 16.1. The van der Waals surface area contributed by atoms with Crippen LogP contribution in [0, 0.1) is 0 Å².